The van der Waals surface area contributed by atoms with E-state index in [1.165, 1.54) is 54.7 Å². The van der Waals surface area contributed by atoms with Gasteiger partial charge in [-0.25, -0.2) is 0 Å². The molecule has 0 bridgehead atoms. The lowest BCUT2D eigenvalue weighted by Gasteiger charge is -2.08. The van der Waals surface area contributed by atoms with E-state index in [2.05, 4.69) is 94.1 Å². The molecule has 166 valence electrons. The predicted molar refractivity (Wildman–Crippen MR) is 137 cm³/mol. The normalized spacial score (nSPS) is 19.5. The van der Waals surface area contributed by atoms with Crippen LogP contribution in [0.1, 0.15) is 0 Å². The molecule has 0 N–H and O–H groups in total. The van der Waals surface area contributed by atoms with Gasteiger partial charge < -0.3 is 18.6 Å². The van der Waals surface area contributed by atoms with Crippen molar-refractivity contribution in [1.29, 1.82) is 0 Å². The van der Waals surface area contributed by atoms with Crippen molar-refractivity contribution in [2.24, 2.45) is 0 Å². The largest absolute Gasteiger partial charge is 0.371 e. The Kier molecular flexibility index (Phi) is 3.84. The molecular weight excluding hydrogens is 420 g/mol. The number of rotatable bonds is 5. The third-order valence-electron chi connectivity index (χ3n) is 7.46. The lowest BCUT2D eigenvalue weighted by Crippen LogP contribution is -2.03. The zero-order valence-electron chi connectivity index (χ0n) is 18.8. The first kappa shape index (κ1) is 18.8. The van der Waals surface area contributed by atoms with Gasteiger partial charge in [-0.3, -0.25) is 0 Å². The van der Waals surface area contributed by atoms with Crippen LogP contribution in [0, 0.1) is 0 Å². The predicted octanol–water partition coefficient (Wildman–Crippen LogP) is 6.37. The van der Waals surface area contributed by atoms with Crippen LogP contribution >= 0.6 is 0 Å². The second kappa shape index (κ2) is 6.95. The average molecular weight is 445 g/mol. The summed E-state index contributed by atoms with van der Waals surface area (Å²) in [6.07, 6.45) is 0.693. The summed E-state index contributed by atoms with van der Waals surface area (Å²) in [7, 11) is 0. The number of nitrogens with zero attached hydrogens (tertiary/aromatic N) is 2. The summed E-state index contributed by atoms with van der Waals surface area (Å²) in [5.74, 6) is 0. The van der Waals surface area contributed by atoms with Crippen molar-refractivity contribution >= 4 is 43.6 Å². The number of aromatic nitrogens is 2. The van der Waals surface area contributed by atoms with Gasteiger partial charge in [-0.1, -0.05) is 48.5 Å². The smallest absolute Gasteiger partial charge is 0.0988 e. The van der Waals surface area contributed by atoms with Gasteiger partial charge in [-0.05, 0) is 47.5 Å². The van der Waals surface area contributed by atoms with Crippen LogP contribution in [-0.4, -0.2) is 34.6 Å². The van der Waals surface area contributed by atoms with Gasteiger partial charge in [-0.15, -0.1) is 0 Å². The summed E-state index contributed by atoms with van der Waals surface area (Å²) in [4.78, 5) is 0. The molecule has 6 aromatic rings. The third kappa shape index (κ3) is 2.86. The fourth-order valence-corrected chi connectivity index (χ4v) is 5.61. The molecular formula is C30H24N2O2. The Hall–Kier alpha value is -3.60. The number of hydrogen-bond acceptors (Lipinski definition) is 2. The minimum absolute atomic E-state index is 0.347. The molecule has 2 aromatic heterocycles. The number of fused-ring (bicyclic) bond motifs is 6. The molecule has 2 unspecified atom stereocenters. The molecule has 4 heteroatoms. The van der Waals surface area contributed by atoms with Crippen molar-refractivity contribution in [2.45, 2.75) is 25.3 Å². The van der Waals surface area contributed by atoms with Crippen LogP contribution in [0.25, 0.3) is 54.7 Å². The highest BCUT2D eigenvalue weighted by atomic mass is 16.6. The molecule has 0 spiro atoms. The van der Waals surface area contributed by atoms with E-state index in [0.717, 1.165) is 26.3 Å². The Bertz CT molecular complexity index is 1600. The van der Waals surface area contributed by atoms with Gasteiger partial charge in [0.1, 0.15) is 0 Å². The van der Waals surface area contributed by atoms with Gasteiger partial charge in [0.2, 0.25) is 0 Å². The lowest BCUT2D eigenvalue weighted by atomic mass is 10.0. The van der Waals surface area contributed by atoms with Gasteiger partial charge in [-0.2, -0.15) is 0 Å². The van der Waals surface area contributed by atoms with Gasteiger partial charge in [0.15, 0.2) is 0 Å². The summed E-state index contributed by atoms with van der Waals surface area (Å²) < 4.78 is 15.9. The van der Waals surface area contributed by atoms with Gasteiger partial charge in [0.25, 0.3) is 0 Å². The van der Waals surface area contributed by atoms with Gasteiger partial charge >= 0.3 is 0 Å². The van der Waals surface area contributed by atoms with Crippen molar-refractivity contribution in [3.63, 3.8) is 0 Å². The Morgan fingerprint density at radius 3 is 1.38 bits per heavy atom. The summed E-state index contributed by atoms with van der Waals surface area (Å²) >= 11 is 0. The van der Waals surface area contributed by atoms with E-state index in [-0.39, 0.29) is 0 Å². The Morgan fingerprint density at radius 2 is 0.941 bits per heavy atom. The summed E-state index contributed by atoms with van der Waals surface area (Å²) in [5, 5.41) is 5.23. The molecule has 34 heavy (non-hydrogen) atoms. The summed E-state index contributed by atoms with van der Waals surface area (Å²) in [6, 6.07) is 31.3. The first-order valence-corrected chi connectivity index (χ1v) is 12.1. The molecule has 4 nitrogen and oxygen atoms in total. The lowest BCUT2D eigenvalue weighted by molar-refractivity contribution is 0.387. The molecule has 0 amide bonds. The van der Waals surface area contributed by atoms with Gasteiger partial charge in [0.05, 0.1) is 38.5 Å². The molecule has 4 aromatic carbocycles. The second-order valence-corrected chi connectivity index (χ2v) is 9.63. The summed E-state index contributed by atoms with van der Waals surface area (Å²) in [6.45, 7) is 3.57. The molecule has 8 rings (SSSR count). The van der Waals surface area contributed by atoms with E-state index in [1.807, 2.05) is 0 Å². The minimum atomic E-state index is 0.347. The van der Waals surface area contributed by atoms with Crippen molar-refractivity contribution in [1.82, 2.24) is 9.13 Å². The van der Waals surface area contributed by atoms with E-state index in [0.29, 0.717) is 12.2 Å². The molecule has 0 saturated carbocycles. The maximum absolute atomic E-state index is 5.55. The fourth-order valence-electron chi connectivity index (χ4n) is 5.61. The highest BCUT2D eigenvalue weighted by Gasteiger charge is 2.26. The highest BCUT2D eigenvalue weighted by molar-refractivity contribution is 6.11. The van der Waals surface area contributed by atoms with E-state index in [1.54, 1.807) is 0 Å². The number of hydrogen-bond donors (Lipinski definition) is 0. The topological polar surface area (TPSA) is 34.9 Å². The first-order valence-electron chi connectivity index (χ1n) is 12.1. The minimum Gasteiger partial charge on any atom is -0.371 e. The number of ether oxygens (including phenoxy) is 2. The van der Waals surface area contributed by atoms with E-state index >= 15 is 0 Å². The number of epoxide rings is 2. The molecule has 4 heterocycles. The van der Waals surface area contributed by atoms with Crippen LogP contribution in [-0.2, 0) is 22.6 Å². The molecule has 2 saturated heterocycles. The molecule has 2 fully saturated rings. The van der Waals surface area contributed by atoms with Crippen LogP contribution in [0.4, 0.5) is 0 Å². The second-order valence-electron chi connectivity index (χ2n) is 9.63. The number of benzene rings is 4. The zero-order valence-corrected chi connectivity index (χ0v) is 18.8. The number of para-hydroxylation sites is 2. The van der Waals surface area contributed by atoms with Crippen molar-refractivity contribution < 1.29 is 9.47 Å². The van der Waals surface area contributed by atoms with Crippen LogP contribution < -0.4 is 0 Å². The Morgan fingerprint density at radius 1 is 0.529 bits per heavy atom. The van der Waals surface area contributed by atoms with Gasteiger partial charge in [0, 0.05) is 43.6 Å². The standard InChI is InChI=1S/C30H24N2O2/c1-3-7-27-23(5-1)25-13-19(9-11-29(25)31(27)15-21-17-33-21)20-10-12-30-26(14-20)24-6-2-4-8-28(24)32(30)16-22-18-34-22/h1-14,21-22H,15-18H2. The fraction of sp³-hybridized carbons (Fsp3) is 0.200. The van der Waals surface area contributed by atoms with Crippen molar-refractivity contribution in [2.75, 3.05) is 13.2 Å². The average Bonchev–Trinajstić information content (AvgIpc) is 3.82. The Labute approximate surface area is 196 Å². The monoisotopic (exact) mass is 444 g/mol. The van der Waals surface area contributed by atoms with Crippen LogP contribution in [0.5, 0.6) is 0 Å². The van der Waals surface area contributed by atoms with E-state index in [9.17, 15) is 0 Å². The molecule has 0 aliphatic carbocycles. The van der Waals surface area contributed by atoms with Crippen LogP contribution in [0.2, 0.25) is 0 Å². The summed E-state index contributed by atoms with van der Waals surface area (Å²) in [5.41, 5.74) is 7.63. The van der Waals surface area contributed by atoms with E-state index < -0.39 is 0 Å². The Balaban J connectivity index is 1.31. The highest BCUT2D eigenvalue weighted by Crippen LogP contribution is 2.37. The molecule has 2 aliphatic rings. The third-order valence-corrected chi connectivity index (χ3v) is 7.46. The maximum Gasteiger partial charge on any atom is 0.0988 e. The van der Waals surface area contributed by atoms with Crippen molar-refractivity contribution in [3.8, 4) is 11.1 Å². The first-order chi connectivity index (χ1) is 16.8. The van der Waals surface area contributed by atoms with Crippen LogP contribution in [0.15, 0.2) is 84.9 Å². The molecule has 2 aliphatic heterocycles. The van der Waals surface area contributed by atoms with Crippen molar-refractivity contribution in [3.05, 3.63) is 84.9 Å². The zero-order chi connectivity index (χ0) is 22.2. The SMILES string of the molecule is c1ccc2c(c1)c1cc(-c3ccc4c(c3)c3ccccc3n4CC3CO3)ccc1n2CC1CO1. The molecule has 0 radical (unpaired) electrons. The molecule has 2 atom stereocenters. The maximum atomic E-state index is 5.55. The van der Waals surface area contributed by atoms with E-state index in [4.69, 9.17) is 9.47 Å². The quantitative estimate of drug-likeness (QED) is 0.290. The van der Waals surface area contributed by atoms with Crippen LogP contribution in [0.3, 0.4) is 0 Å².